The first-order valence-corrected chi connectivity index (χ1v) is 20.2. The molecule has 0 bridgehead atoms. The van der Waals surface area contributed by atoms with Crippen molar-refractivity contribution in [1.82, 2.24) is 25.5 Å². The molecule has 0 spiro atoms. The fraction of sp³-hybridized carbons (Fsp3) is 0.462. The third-order valence-corrected chi connectivity index (χ3v) is 11.8. The van der Waals surface area contributed by atoms with Crippen molar-refractivity contribution >= 4 is 73.1 Å². The summed E-state index contributed by atoms with van der Waals surface area (Å²) in [5.74, 6) is -2.27. The highest BCUT2D eigenvalue weighted by Crippen LogP contribution is 2.45. The molecule has 6 rings (SSSR count). The largest absolute Gasteiger partial charge is 0.495 e. The van der Waals surface area contributed by atoms with Crippen LogP contribution in [0.4, 0.5) is 9.93 Å². The Morgan fingerprint density at radius 3 is 2.54 bits per heavy atom. The molecule has 298 valence electrons. The third-order valence-electron chi connectivity index (χ3n) is 10.3. The Balaban J connectivity index is 1.32. The summed E-state index contributed by atoms with van der Waals surface area (Å²) >= 11 is 4.86. The first-order chi connectivity index (χ1) is 26.8. The van der Waals surface area contributed by atoms with Crippen LogP contribution in [0.2, 0.25) is 0 Å². The smallest absolute Gasteiger partial charge is 0.408 e. The summed E-state index contributed by atoms with van der Waals surface area (Å²) in [6.45, 7) is 11.1. The minimum Gasteiger partial charge on any atom is -0.495 e. The number of ether oxygens (including phenoxy) is 3. The van der Waals surface area contributed by atoms with Gasteiger partial charge in [0.05, 0.1) is 29.3 Å². The molecule has 56 heavy (non-hydrogen) atoms. The van der Waals surface area contributed by atoms with Crippen LogP contribution >= 0.6 is 27.3 Å². The number of carbonyl (C=O) groups is 5. The lowest BCUT2D eigenvalue weighted by Gasteiger charge is -2.29. The van der Waals surface area contributed by atoms with Crippen molar-refractivity contribution in [1.29, 1.82) is 0 Å². The number of methoxy groups -OCH3 is 1. The molecule has 17 heteroatoms. The molecule has 1 aliphatic heterocycles. The average Bonchev–Trinajstić information content (AvgIpc) is 3.57. The van der Waals surface area contributed by atoms with Crippen LogP contribution in [0.25, 0.3) is 22.3 Å². The lowest BCUT2D eigenvalue weighted by Crippen LogP contribution is -2.56. The molecule has 3 heterocycles. The van der Waals surface area contributed by atoms with Gasteiger partial charge in [0.15, 0.2) is 5.13 Å². The number of carbonyl (C=O) groups excluding carboxylic acids is 4. The molecule has 0 radical (unpaired) electrons. The second-order valence-corrected chi connectivity index (χ2v) is 16.0. The zero-order valence-corrected chi connectivity index (χ0v) is 33.8. The van der Waals surface area contributed by atoms with E-state index in [0.717, 1.165) is 25.7 Å². The molecular formula is C39H45BrN6O9S. The molecule has 1 saturated heterocycles. The van der Waals surface area contributed by atoms with Crippen molar-refractivity contribution in [3.05, 3.63) is 52.9 Å². The summed E-state index contributed by atoms with van der Waals surface area (Å²) in [6.07, 6.45) is 4.23. The number of nitrogens with one attached hydrogen (secondary N) is 3. The number of pyridine rings is 1. The van der Waals surface area contributed by atoms with Gasteiger partial charge in [0.1, 0.15) is 47.0 Å². The summed E-state index contributed by atoms with van der Waals surface area (Å²) in [6, 6.07) is 2.82. The normalized spacial score (nSPS) is 22.2. The minimum absolute atomic E-state index is 0.0117. The standard InChI is InChI=1S/C39H45BrN6O9S/c1-6-10-30(47)43-37-42-26(19-56-37)25-16-29(24-13-14-28(53-5)31(40)33(24)41-25)54-23-15-27(34(48)45-39(36(50)51)17-21(39)7-2)46(18-23)35(49)32(20(3)4)44-38(52)55-22-11-8-9-12-22/h7,13-14,16,19,21-23,27,32H,2-3,6,8-12,15,17-18H2,1,4-5H3,(H,44,52)(H,45,48)(H,50,51)(H,42,43,47)/t21-,23-,27+,32+,39-/m1/s1. The van der Waals surface area contributed by atoms with Crippen LogP contribution in [0.5, 0.6) is 11.5 Å². The lowest BCUT2D eigenvalue weighted by atomic mass is 10.1. The highest BCUT2D eigenvalue weighted by atomic mass is 79.9. The second kappa shape index (κ2) is 17.0. The molecule has 2 saturated carbocycles. The van der Waals surface area contributed by atoms with Crippen LogP contribution < -0.4 is 25.4 Å². The van der Waals surface area contributed by atoms with E-state index in [1.54, 1.807) is 30.5 Å². The van der Waals surface area contributed by atoms with E-state index in [2.05, 4.69) is 50.0 Å². The number of amides is 4. The van der Waals surface area contributed by atoms with E-state index in [4.69, 9.17) is 19.2 Å². The number of rotatable bonds is 15. The number of aliphatic carboxylic acids is 1. The molecule has 2 aliphatic carbocycles. The number of alkyl carbamates (subject to hydrolysis) is 1. The van der Waals surface area contributed by atoms with E-state index in [-0.39, 0.29) is 31.4 Å². The Labute approximate surface area is 336 Å². The van der Waals surface area contributed by atoms with Gasteiger partial charge in [0, 0.05) is 35.6 Å². The predicted molar refractivity (Wildman–Crippen MR) is 212 cm³/mol. The van der Waals surface area contributed by atoms with Gasteiger partial charge in [-0.05, 0) is 79.1 Å². The van der Waals surface area contributed by atoms with Crippen molar-refractivity contribution in [3.8, 4) is 22.9 Å². The van der Waals surface area contributed by atoms with E-state index >= 15 is 0 Å². The molecule has 15 nitrogen and oxygen atoms in total. The van der Waals surface area contributed by atoms with Crippen LogP contribution in [0.1, 0.15) is 65.2 Å². The molecule has 4 N–H and O–H groups in total. The molecule has 2 aromatic heterocycles. The first-order valence-electron chi connectivity index (χ1n) is 18.5. The van der Waals surface area contributed by atoms with Crippen LogP contribution in [-0.4, -0.2) is 93.2 Å². The van der Waals surface area contributed by atoms with Crippen molar-refractivity contribution in [2.24, 2.45) is 5.92 Å². The van der Waals surface area contributed by atoms with Gasteiger partial charge in [-0.25, -0.2) is 19.6 Å². The number of nitrogens with zero attached hydrogens (tertiary/aromatic N) is 3. The van der Waals surface area contributed by atoms with Gasteiger partial charge in [-0.3, -0.25) is 14.4 Å². The summed E-state index contributed by atoms with van der Waals surface area (Å²) in [5, 5.41) is 20.9. The Morgan fingerprint density at radius 2 is 1.89 bits per heavy atom. The first kappa shape index (κ1) is 40.6. The van der Waals surface area contributed by atoms with E-state index in [9.17, 15) is 29.1 Å². The number of thiazole rings is 1. The number of benzene rings is 1. The van der Waals surface area contributed by atoms with Gasteiger partial charge in [-0.15, -0.1) is 17.9 Å². The number of hydrogen-bond acceptors (Lipinski definition) is 11. The average molecular weight is 854 g/mol. The number of halogens is 1. The summed E-state index contributed by atoms with van der Waals surface area (Å²) in [7, 11) is 1.53. The number of carboxylic acid groups (broad SMARTS) is 1. The van der Waals surface area contributed by atoms with Crippen LogP contribution in [0, 0.1) is 5.92 Å². The Hall–Kier alpha value is -5.03. The summed E-state index contributed by atoms with van der Waals surface area (Å²) in [4.78, 5) is 76.7. The quantitative estimate of drug-likeness (QED) is 0.131. The number of carboxylic acids is 1. The van der Waals surface area contributed by atoms with Gasteiger partial charge in [0.25, 0.3) is 0 Å². The lowest BCUT2D eigenvalue weighted by molar-refractivity contribution is -0.145. The number of likely N-dealkylation sites (tertiary alicyclic amines) is 1. The maximum absolute atomic E-state index is 14.4. The monoisotopic (exact) mass is 852 g/mol. The van der Waals surface area contributed by atoms with E-state index in [1.165, 1.54) is 29.4 Å². The van der Waals surface area contributed by atoms with Crippen molar-refractivity contribution in [2.45, 2.75) is 95.0 Å². The summed E-state index contributed by atoms with van der Waals surface area (Å²) < 4.78 is 18.3. The van der Waals surface area contributed by atoms with Gasteiger partial charge < -0.3 is 40.2 Å². The zero-order valence-electron chi connectivity index (χ0n) is 31.4. The predicted octanol–water partition coefficient (Wildman–Crippen LogP) is 5.98. The van der Waals surface area contributed by atoms with E-state index < -0.39 is 53.5 Å². The Kier molecular flexibility index (Phi) is 12.3. The van der Waals surface area contributed by atoms with Gasteiger partial charge >= 0.3 is 12.1 Å². The van der Waals surface area contributed by atoms with Gasteiger partial charge in [-0.1, -0.05) is 19.6 Å². The molecular weight excluding hydrogens is 808 g/mol. The van der Waals surface area contributed by atoms with Crippen molar-refractivity contribution in [2.75, 3.05) is 19.0 Å². The van der Waals surface area contributed by atoms with Crippen molar-refractivity contribution in [3.63, 3.8) is 0 Å². The van der Waals surface area contributed by atoms with Gasteiger partial charge in [-0.2, -0.15) is 0 Å². The molecule has 3 aromatic rings. The second-order valence-electron chi connectivity index (χ2n) is 14.3. The number of fused-ring (bicyclic) bond motifs is 1. The zero-order chi connectivity index (χ0) is 40.3. The third kappa shape index (κ3) is 8.53. The maximum atomic E-state index is 14.4. The fourth-order valence-corrected chi connectivity index (χ4v) is 8.51. The summed E-state index contributed by atoms with van der Waals surface area (Å²) in [5.41, 5.74) is 0.155. The Morgan fingerprint density at radius 1 is 1.14 bits per heavy atom. The van der Waals surface area contributed by atoms with E-state index in [0.29, 0.717) is 61.8 Å². The number of aromatic nitrogens is 2. The molecule has 1 aromatic carbocycles. The maximum Gasteiger partial charge on any atom is 0.408 e. The Bertz CT molecular complexity index is 2070. The van der Waals surface area contributed by atoms with Crippen LogP contribution in [0.15, 0.2) is 52.9 Å². The molecule has 4 amide bonds. The van der Waals surface area contributed by atoms with Crippen molar-refractivity contribution < 1.29 is 43.3 Å². The SMILES string of the molecule is C=C[C@@H]1C[C@]1(NC(=O)[C@@H]1C[C@@H](Oc2cc(-c3csc(NC(=O)CCC)n3)nc3c(Br)c(OC)ccc23)CN1C(=O)[C@@H](NC(=O)OC1CCCC1)C(=C)C)C(=O)O. The molecule has 3 fully saturated rings. The fourth-order valence-electron chi connectivity index (χ4n) is 7.20. The van der Waals surface area contributed by atoms with Crippen LogP contribution in [0.3, 0.4) is 0 Å². The van der Waals surface area contributed by atoms with Gasteiger partial charge in [0.2, 0.25) is 17.7 Å². The highest BCUT2D eigenvalue weighted by molar-refractivity contribution is 9.10. The minimum atomic E-state index is -1.55. The molecule has 5 atom stereocenters. The number of hydrogen-bond donors (Lipinski definition) is 4. The van der Waals surface area contributed by atoms with E-state index in [1.807, 2.05) is 6.92 Å². The topological polar surface area (TPSA) is 198 Å². The number of anilines is 1. The highest BCUT2D eigenvalue weighted by Gasteiger charge is 2.61. The van der Waals surface area contributed by atoms with Crippen LogP contribution in [-0.2, 0) is 23.9 Å². The molecule has 0 unspecified atom stereocenters. The molecule has 3 aliphatic rings.